The van der Waals surface area contributed by atoms with Gasteiger partial charge in [0, 0.05) is 18.7 Å². The van der Waals surface area contributed by atoms with E-state index in [1.54, 1.807) is 40.0 Å². The van der Waals surface area contributed by atoms with Gasteiger partial charge < -0.3 is 4.90 Å². The van der Waals surface area contributed by atoms with Gasteiger partial charge in [0.2, 0.25) is 0 Å². The third-order valence-electron chi connectivity index (χ3n) is 4.92. The molecule has 0 radical (unpaired) electrons. The lowest BCUT2D eigenvalue weighted by atomic mass is 10.1. The average molecular weight is 404 g/mol. The maximum atomic E-state index is 13.1. The molecule has 2 aromatic carbocycles. The lowest BCUT2D eigenvalue weighted by molar-refractivity contribution is 0.0741. The summed E-state index contributed by atoms with van der Waals surface area (Å²) in [6, 6.07) is 9.02. The number of nitrogens with zero attached hydrogens (tertiary/aromatic N) is 2. The Hall–Kier alpha value is -2.74. The number of hydrogen-bond acceptors (Lipinski definition) is 4. The smallest absolute Gasteiger partial charge is 0.269 e. The number of sulfonamides is 1. The molecule has 8 heteroatoms. The Balaban J connectivity index is 1.94. The number of amides is 2. The molecule has 6 nitrogen and oxygen atoms in total. The van der Waals surface area contributed by atoms with Gasteiger partial charge in [-0.3, -0.25) is 9.59 Å². The van der Waals surface area contributed by atoms with Gasteiger partial charge in [0.25, 0.3) is 21.8 Å². The molecule has 1 aliphatic heterocycles. The number of carbonyl (C=O) groups is 2. The van der Waals surface area contributed by atoms with Crippen LogP contribution < -0.4 is 0 Å². The van der Waals surface area contributed by atoms with E-state index < -0.39 is 27.9 Å². The van der Waals surface area contributed by atoms with Crippen molar-refractivity contribution < 1.29 is 22.4 Å². The molecule has 148 valence electrons. The topological polar surface area (TPSA) is 74.8 Å². The van der Waals surface area contributed by atoms with Gasteiger partial charge >= 0.3 is 0 Å². The monoisotopic (exact) mass is 404 g/mol. The van der Waals surface area contributed by atoms with Crippen molar-refractivity contribution in [1.82, 2.24) is 9.21 Å². The fourth-order valence-corrected chi connectivity index (χ4v) is 5.03. The molecule has 1 aliphatic rings. The second-order valence-corrected chi connectivity index (χ2v) is 8.84. The lowest BCUT2D eigenvalue weighted by Gasteiger charge is -2.25. The van der Waals surface area contributed by atoms with Gasteiger partial charge in [-0.1, -0.05) is 12.1 Å². The lowest BCUT2D eigenvalue weighted by Crippen LogP contribution is -2.36. The van der Waals surface area contributed by atoms with Crippen LogP contribution in [0.2, 0.25) is 0 Å². The Morgan fingerprint density at radius 1 is 1.07 bits per heavy atom. The first-order valence-corrected chi connectivity index (χ1v) is 10.2. The number of halogens is 1. The van der Waals surface area contributed by atoms with Crippen LogP contribution in [0.5, 0.6) is 0 Å². The first-order chi connectivity index (χ1) is 13.1. The van der Waals surface area contributed by atoms with E-state index in [1.807, 2.05) is 0 Å². The van der Waals surface area contributed by atoms with Crippen LogP contribution in [0.15, 0.2) is 47.4 Å². The molecule has 2 aromatic rings. The normalized spacial score (nSPS) is 16.2. The predicted molar refractivity (Wildman–Crippen MR) is 102 cm³/mol. The molecule has 28 heavy (non-hydrogen) atoms. The van der Waals surface area contributed by atoms with E-state index in [9.17, 15) is 22.4 Å². The minimum absolute atomic E-state index is 0.0690. The molecule has 0 saturated carbocycles. The summed E-state index contributed by atoms with van der Waals surface area (Å²) in [4.78, 5) is 26.6. The number of benzene rings is 2. The Bertz CT molecular complexity index is 1050. The average Bonchev–Trinajstić information content (AvgIpc) is 2.85. The molecule has 1 atom stereocenters. The van der Waals surface area contributed by atoms with Crippen molar-refractivity contribution in [3.63, 3.8) is 0 Å². The second kappa shape index (κ2) is 7.01. The molecule has 0 unspecified atom stereocenters. The number of hydrogen-bond donors (Lipinski definition) is 0. The minimum atomic E-state index is -3.98. The molecule has 3 rings (SSSR count). The van der Waals surface area contributed by atoms with Crippen molar-refractivity contribution >= 4 is 21.8 Å². The molecule has 2 amide bonds. The molecule has 0 bridgehead atoms. The molecular weight excluding hydrogens is 383 g/mol. The van der Waals surface area contributed by atoms with Gasteiger partial charge in [-0.25, -0.2) is 17.1 Å². The van der Waals surface area contributed by atoms with Crippen LogP contribution in [0.3, 0.4) is 0 Å². The third-order valence-corrected chi connectivity index (χ3v) is 6.92. The quantitative estimate of drug-likeness (QED) is 0.784. The van der Waals surface area contributed by atoms with Crippen LogP contribution in [0.1, 0.15) is 53.1 Å². The van der Waals surface area contributed by atoms with Gasteiger partial charge in [0.15, 0.2) is 0 Å². The van der Waals surface area contributed by atoms with Crippen LogP contribution in [0, 0.1) is 5.82 Å². The number of carbonyl (C=O) groups excluding carboxylic acids is 2. The van der Waals surface area contributed by atoms with Crippen molar-refractivity contribution in [3.05, 3.63) is 65.0 Å². The van der Waals surface area contributed by atoms with Crippen LogP contribution >= 0.6 is 0 Å². The first kappa shape index (κ1) is 20.0. The van der Waals surface area contributed by atoms with E-state index >= 15 is 0 Å². The molecule has 1 heterocycles. The molecule has 0 aromatic heterocycles. The second-order valence-electron chi connectivity index (χ2n) is 7.05. The highest BCUT2D eigenvalue weighted by atomic mass is 32.2. The predicted octanol–water partition coefficient (Wildman–Crippen LogP) is 3.21. The van der Waals surface area contributed by atoms with Crippen molar-refractivity contribution in [2.75, 3.05) is 7.05 Å². The summed E-state index contributed by atoms with van der Waals surface area (Å²) in [5.41, 5.74) is 0.976. The van der Waals surface area contributed by atoms with E-state index in [0.717, 1.165) is 9.87 Å². The fraction of sp³-hybridized carbons (Fsp3) is 0.300. The standard InChI is InChI=1S/C20H21FN2O4S/c1-12(2)23-20(25)17-10-7-15(11-18(17)28(23,26)27)19(24)22(4)13(3)14-5-8-16(21)9-6-14/h5-13H,1-4H3/t13-/m0/s1. The van der Waals surface area contributed by atoms with Crippen LogP contribution in [-0.2, 0) is 10.0 Å². The maximum absolute atomic E-state index is 13.1. The molecule has 0 aliphatic carbocycles. The summed E-state index contributed by atoms with van der Waals surface area (Å²) < 4.78 is 39.4. The zero-order valence-electron chi connectivity index (χ0n) is 16.0. The van der Waals surface area contributed by atoms with Gasteiger partial charge in [0.05, 0.1) is 11.6 Å². The van der Waals surface area contributed by atoms with Crippen LogP contribution in [-0.4, -0.2) is 42.5 Å². The van der Waals surface area contributed by atoms with E-state index in [1.165, 1.54) is 35.2 Å². The van der Waals surface area contributed by atoms with Gasteiger partial charge in [-0.05, 0) is 56.7 Å². The molecular formula is C20H21FN2O4S. The highest BCUT2D eigenvalue weighted by molar-refractivity contribution is 7.90. The minimum Gasteiger partial charge on any atom is -0.335 e. The highest BCUT2D eigenvalue weighted by Gasteiger charge is 2.43. The summed E-state index contributed by atoms with van der Waals surface area (Å²) in [5, 5.41) is 0. The summed E-state index contributed by atoms with van der Waals surface area (Å²) in [5.74, 6) is -1.35. The van der Waals surface area contributed by atoms with E-state index in [4.69, 9.17) is 0 Å². The summed E-state index contributed by atoms with van der Waals surface area (Å²) in [7, 11) is -2.40. The van der Waals surface area contributed by atoms with Crippen LogP contribution in [0.4, 0.5) is 4.39 Å². The molecule has 0 spiro atoms. The van der Waals surface area contributed by atoms with E-state index in [-0.39, 0.29) is 27.9 Å². The Morgan fingerprint density at radius 3 is 2.25 bits per heavy atom. The highest BCUT2D eigenvalue weighted by Crippen LogP contribution is 2.33. The van der Waals surface area contributed by atoms with Gasteiger partial charge in [0.1, 0.15) is 10.7 Å². The summed E-state index contributed by atoms with van der Waals surface area (Å²) in [6.07, 6.45) is 0. The number of rotatable bonds is 4. The Kier molecular flexibility index (Phi) is 5.01. The van der Waals surface area contributed by atoms with E-state index in [2.05, 4.69) is 0 Å². The van der Waals surface area contributed by atoms with Crippen molar-refractivity contribution in [2.24, 2.45) is 0 Å². The first-order valence-electron chi connectivity index (χ1n) is 8.81. The van der Waals surface area contributed by atoms with E-state index in [0.29, 0.717) is 0 Å². The third kappa shape index (κ3) is 3.17. The molecule has 0 fully saturated rings. The van der Waals surface area contributed by atoms with Crippen LogP contribution in [0.25, 0.3) is 0 Å². The van der Waals surface area contributed by atoms with Crippen molar-refractivity contribution in [2.45, 2.75) is 37.8 Å². The zero-order chi connectivity index (χ0) is 20.8. The SMILES string of the molecule is CC(C)N1C(=O)c2ccc(C(=O)N(C)[C@@H](C)c3ccc(F)cc3)cc2S1(=O)=O. The Morgan fingerprint density at radius 2 is 1.68 bits per heavy atom. The number of fused-ring (bicyclic) bond motifs is 1. The van der Waals surface area contributed by atoms with Crippen molar-refractivity contribution in [3.8, 4) is 0 Å². The molecule has 0 saturated heterocycles. The maximum Gasteiger partial charge on any atom is 0.269 e. The zero-order valence-corrected chi connectivity index (χ0v) is 16.8. The van der Waals surface area contributed by atoms with Gasteiger partial charge in [-0.15, -0.1) is 0 Å². The Labute approximate surface area is 163 Å². The molecule has 0 N–H and O–H groups in total. The van der Waals surface area contributed by atoms with Crippen molar-refractivity contribution in [1.29, 1.82) is 0 Å². The summed E-state index contributed by atoms with van der Waals surface area (Å²) >= 11 is 0. The fourth-order valence-electron chi connectivity index (χ4n) is 3.24. The van der Waals surface area contributed by atoms with Gasteiger partial charge in [-0.2, -0.15) is 0 Å². The summed E-state index contributed by atoms with van der Waals surface area (Å²) in [6.45, 7) is 5.02. The largest absolute Gasteiger partial charge is 0.335 e.